The minimum atomic E-state index is -0.515. The molecule has 0 atom stereocenters. The molecule has 0 saturated heterocycles. The molecular formula is C16H17N3O3. The standard InChI is InChI=1S/C16H17N3O3/c1-16(2,9-20)12-8-13(17-18(12)3)19-14(21)10-6-4-5-7-11(10)15(19)22/h4-8,20H,9H2,1-3H3. The van der Waals surface area contributed by atoms with Crippen LogP contribution in [0.4, 0.5) is 5.82 Å². The van der Waals surface area contributed by atoms with Crippen molar-refractivity contribution in [3.8, 4) is 0 Å². The summed E-state index contributed by atoms with van der Waals surface area (Å²) in [6.45, 7) is 3.68. The number of amides is 2. The number of aromatic nitrogens is 2. The van der Waals surface area contributed by atoms with Crippen molar-refractivity contribution in [1.29, 1.82) is 0 Å². The van der Waals surface area contributed by atoms with Crippen LogP contribution in [0.3, 0.4) is 0 Å². The number of fused-ring (bicyclic) bond motifs is 1. The van der Waals surface area contributed by atoms with Crippen LogP contribution < -0.4 is 4.90 Å². The monoisotopic (exact) mass is 299 g/mol. The number of hydrogen-bond acceptors (Lipinski definition) is 4. The van der Waals surface area contributed by atoms with Crippen molar-refractivity contribution in [2.45, 2.75) is 19.3 Å². The van der Waals surface area contributed by atoms with Crippen LogP contribution in [0.15, 0.2) is 30.3 Å². The summed E-state index contributed by atoms with van der Waals surface area (Å²) in [5.41, 5.74) is 1.02. The van der Waals surface area contributed by atoms with Crippen molar-refractivity contribution >= 4 is 17.6 Å². The lowest BCUT2D eigenvalue weighted by atomic mass is 9.90. The van der Waals surface area contributed by atoms with Gasteiger partial charge in [0.15, 0.2) is 5.82 Å². The number of aliphatic hydroxyl groups excluding tert-OH is 1. The Morgan fingerprint density at radius 2 is 1.68 bits per heavy atom. The molecule has 1 aromatic heterocycles. The highest BCUT2D eigenvalue weighted by Crippen LogP contribution is 2.31. The first-order chi connectivity index (χ1) is 10.4. The van der Waals surface area contributed by atoms with Crippen LogP contribution in [0.5, 0.6) is 0 Å². The fraction of sp³-hybridized carbons (Fsp3) is 0.312. The van der Waals surface area contributed by atoms with Crippen LogP contribution >= 0.6 is 0 Å². The first-order valence-corrected chi connectivity index (χ1v) is 7.00. The molecule has 1 aromatic carbocycles. The maximum Gasteiger partial charge on any atom is 0.267 e. The van der Waals surface area contributed by atoms with Gasteiger partial charge in [-0.3, -0.25) is 14.3 Å². The van der Waals surface area contributed by atoms with Crippen LogP contribution in [0.2, 0.25) is 0 Å². The van der Waals surface area contributed by atoms with E-state index in [2.05, 4.69) is 5.10 Å². The van der Waals surface area contributed by atoms with Gasteiger partial charge < -0.3 is 5.11 Å². The molecule has 0 bridgehead atoms. The number of benzene rings is 1. The Bertz CT molecular complexity index is 742. The number of imide groups is 1. The van der Waals surface area contributed by atoms with Gasteiger partial charge in [0.25, 0.3) is 11.8 Å². The van der Waals surface area contributed by atoms with Crippen molar-refractivity contribution in [1.82, 2.24) is 9.78 Å². The molecule has 6 nitrogen and oxygen atoms in total. The fourth-order valence-corrected chi connectivity index (χ4v) is 2.67. The summed E-state index contributed by atoms with van der Waals surface area (Å²) < 4.78 is 1.59. The van der Waals surface area contributed by atoms with E-state index < -0.39 is 5.41 Å². The van der Waals surface area contributed by atoms with Gasteiger partial charge in [-0.05, 0) is 12.1 Å². The van der Waals surface area contributed by atoms with E-state index in [4.69, 9.17) is 0 Å². The normalized spacial score (nSPS) is 14.6. The third-order valence-corrected chi connectivity index (χ3v) is 3.98. The van der Waals surface area contributed by atoms with Gasteiger partial charge in [0.05, 0.1) is 17.7 Å². The Kier molecular flexibility index (Phi) is 3.14. The van der Waals surface area contributed by atoms with Gasteiger partial charge in [-0.15, -0.1) is 0 Å². The first-order valence-electron chi connectivity index (χ1n) is 7.00. The summed E-state index contributed by atoms with van der Waals surface area (Å²) in [6.07, 6.45) is 0. The minimum absolute atomic E-state index is 0.0614. The van der Waals surface area contributed by atoms with Gasteiger partial charge >= 0.3 is 0 Å². The number of carbonyl (C=O) groups excluding carboxylic acids is 2. The molecule has 1 aliphatic rings. The molecule has 0 aliphatic carbocycles. The highest BCUT2D eigenvalue weighted by Gasteiger charge is 2.38. The van der Waals surface area contributed by atoms with Gasteiger partial charge in [-0.25, -0.2) is 4.90 Å². The predicted octanol–water partition coefficient (Wildman–Crippen LogP) is 1.49. The van der Waals surface area contributed by atoms with E-state index in [9.17, 15) is 14.7 Å². The van der Waals surface area contributed by atoms with Gasteiger partial charge in [0.1, 0.15) is 0 Å². The van der Waals surface area contributed by atoms with Crippen molar-refractivity contribution < 1.29 is 14.7 Å². The quantitative estimate of drug-likeness (QED) is 0.871. The van der Waals surface area contributed by atoms with E-state index in [1.54, 1.807) is 42.1 Å². The molecule has 2 aromatic rings. The molecule has 114 valence electrons. The molecule has 0 fully saturated rings. The van der Waals surface area contributed by atoms with E-state index in [0.717, 1.165) is 10.6 Å². The second-order valence-electron chi connectivity index (χ2n) is 6.04. The zero-order valence-electron chi connectivity index (χ0n) is 12.7. The number of aryl methyl sites for hydroxylation is 1. The summed E-state index contributed by atoms with van der Waals surface area (Å²) >= 11 is 0. The van der Waals surface area contributed by atoms with E-state index in [1.165, 1.54) is 0 Å². The molecule has 3 rings (SSSR count). The number of nitrogens with zero attached hydrogens (tertiary/aromatic N) is 3. The third kappa shape index (κ3) is 1.95. The van der Waals surface area contributed by atoms with Gasteiger partial charge in [-0.1, -0.05) is 26.0 Å². The van der Waals surface area contributed by atoms with Crippen LogP contribution in [-0.2, 0) is 12.5 Å². The van der Waals surface area contributed by atoms with E-state index in [0.29, 0.717) is 11.1 Å². The highest BCUT2D eigenvalue weighted by atomic mass is 16.3. The zero-order chi connectivity index (χ0) is 16.1. The maximum atomic E-state index is 12.5. The Balaban J connectivity index is 2.06. The number of rotatable bonds is 3. The lowest BCUT2D eigenvalue weighted by molar-refractivity contribution is 0.0925. The molecule has 2 heterocycles. The van der Waals surface area contributed by atoms with Crippen molar-refractivity contribution in [2.75, 3.05) is 11.5 Å². The molecule has 0 unspecified atom stereocenters. The molecule has 2 amide bonds. The van der Waals surface area contributed by atoms with E-state index in [-0.39, 0.29) is 24.2 Å². The van der Waals surface area contributed by atoms with Crippen LogP contribution in [-0.4, -0.2) is 33.3 Å². The van der Waals surface area contributed by atoms with Crippen molar-refractivity contribution in [3.63, 3.8) is 0 Å². The Labute approximate surface area is 128 Å². The summed E-state index contributed by atoms with van der Waals surface area (Å²) in [5, 5.41) is 13.8. The summed E-state index contributed by atoms with van der Waals surface area (Å²) in [5.74, 6) is -0.454. The topological polar surface area (TPSA) is 75.4 Å². The molecular weight excluding hydrogens is 282 g/mol. The van der Waals surface area contributed by atoms with Crippen LogP contribution in [0.1, 0.15) is 40.3 Å². The van der Waals surface area contributed by atoms with Gasteiger partial charge in [0, 0.05) is 24.2 Å². The molecule has 0 saturated carbocycles. The molecule has 1 N–H and O–H groups in total. The summed E-state index contributed by atoms with van der Waals surface area (Å²) in [4.78, 5) is 26.0. The third-order valence-electron chi connectivity index (χ3n) is 3.98. The summed E-state index contributed by atoms with van der Waals surface area (Å²) in [7, 11) is 1.73. The Hall–Kier alpha value is -2.47. The lowest BCUT2D eigenvalue weighted by Gasteiger charge is -2.21. The number of carbonyl (C=O) groups is 2. The number of aliphatic hydroxyl groups is 1. The average molecular weight is 299 g/mol. The van der Waals surface area contributed by atoms with Crippen LogP contribution in [0.25, 0.3) is 0 Å². The Morgan fingerprint density at radius 3 is 2.18 bits per heavy atom. The van der Waals surface area contributed by atoms with Crippen molar-refractivity contribution in [3.05, 3.63) is 47.2 Å². The van der Waals surface area contributed by atoms with E-state index >= 15 is 0 Å². The van der Waals surface area contributed by atoms with Crippen molar-refractivity contribution in [2.24, 2.45) is 7.05 Å². The second-order valence-corrected chi connectivity index (χ2v) is 6.04. The second kappa shape index (κ2) is 4.78. The van der Waals surface area contributed by atoms with Gasteiger partial charge in [-0.2, -0.15) is 5.10 Å². The largest absolute Gasteiger partial charge is 0.395 e. The van der Waals surface area contributed by atoms with Gasteiger partial charge in [0.2, 0.25) is 0 Å². The number of anilines is 1. The first kappa shape index (κ1) is 14.5. The van der Waals surface area contributed by atoms with Crippen LogP contribution in [0, 0.1) is 0 Å². The maximum absolute atomic E-state index is 12.5. The highest BCUT2D eigenvalue weighted by molar-refractivity contribution is 6.34. The molecule has 1 aliphatic heterocycles. The molecule has 0 spiro atoms. The van der Waals surface area contributed by atoms with E-state index in [1.807, 2.05) is 13.8 Å². The minimum Gasteiger partial charge on any atom is -0.395 e. The fourth-order valence-electron chi connectivity index (χ4n) is 2.67. The lowest BCUT2D eigenvalue weighted by Crippen LogP contribution is -2.29. The predicted molar refractivity (Wildman–Crippen MR) is 80.9 cm³/mol. The Morgan fingerprint density at radius 1 is 1.14 bits per heavy atom. The SMILES string of the molecule is Cn1nc(N2C(=O)c3ccccc3C2=O)cc1C(C)(C)CO. The molecule has 22 heavy (non-hydrogen) atoms. The molecule has 6 heteroatoms. The number of hydrogen-bond donors (Lipinski definition) is 1. The zero-order valence-corrected chi connectivity index (χ0v) is 12.7. The molecule has 0 radical (unpaired) electrons. The average Bonchev–Trinajstić information content (AvgIpc) is 2.99. The smallest absolute Gasteiger partial charge is 0.267 e. The summed E-state index contributed by atoms with van der Waals surface area (Å²) in [6, 6.07) is 8.41.